The van der Waals surface area contributed by atoms with Gasteiger partial charge in [0.2, 0.25) is 0 Å². The van der Waals surface area contributed by atoms with Gasteiger partial charge in [0.15, 0.2) is 0 Å². The Hall–Kier alpha value is -1.51. The molecule has 0 bridgehead atoms. The van der Waals surface area contributed by atoms with Gasteiger partial charge >= 0.3 is 0 Å². The molecule has 0 saturated carbocycles. The Morgan fingerprint density at radius 3 is 2.19 bits per heavy atom. The van der Waals surface area contributed by atoms with Gasteiger partial charge in [0.05, 0.1) is 6.10 Å². The van der Waals surface area contributed by atoms with Crippen molar-refractivity contribution in [2.24, 2.45) is 5.92 Å². The van der Waals surface area contributed by atoms with Gasteiger partial charge < -0.3 is 10.4 Å². The predicted octanol–water partition coefficient (Wildman–Crippen LogP) is 4.68. The molecule has 0 radical (unpaired) electrons. The summed E-state index contributed by atoms with van der Waals surface area (Å²) in [6.07, 6.45) is 0.549. The van der Waals surface area contributed by atoms with Crippen molar-refractivity contribution in [1.82, 2.24) is 0 Å². The Kier molecular flexibility index (Phi) is 5.66. The van der Waals surface area contributed by atoms with Crippen LogP contribution in [-0.2, 0) is 6.42 Å². The van der Waals surface area contributed by atoms with E-state index >= 15 is 0 Å². The number of benzene rings is 2. The molecule has 0 spiro atoms. The van der Waals surface area contributed by atoms with Crippen LogP contribution < -0.4 is 5.32 Å². The summed E-state index contributed by atoms with van der Waals surface area (Å²) in [5.74, 6) is 0.646. The fraction of sp³-hybridized carbons (Fsp3) is 0.333. The molecule has 0 amide bonds. The van der Waals surface area contributed by atoms with Gasteiger partial charge in [-0.25, -0.2) is 0 Å². The van der Waals surface area contributed by atoms with Gasteiger partial charge in [-0.15, -0.1) is 0 Å². The molecule has 0 aliphatic rings. The van der Waals surface area contributed by atoms with Crippen molar-refractivity contribution in [3.63, 3.8) is 0 Å². The van der Waals surface area contributed by atoms with Crippen LogP contribution in [0.3, 0.4) is 0 Å². The summed E-state index contributed by atoms with van der Waals surface area (Å²) in [6.45, 7) is 4.89. The van der Waals surface area contributed by atoms with E-state index in [4.69, 9.17) is 11.6 Å². The van der Waals surface area contributed by atoms with Crippen LogP contribution in [0.2, 0.25) is 5.02 Å². The van der Waals surface area contributed by atoms with Crippen LogP contribution in [0.4, 0.5) is 5.69 Å². The quantitative estimate of drug-likeness (QED) is 0.812. The summed E-state index contributed by atoms with van der Waals surface area (Å²) in [4.78, 5) is 0. The molecule has 0 saturated heterocycles. The van der Waals surface area contributed by atoms with E-state index in [1.54, 1.807) is 0 Å². The zero-order valence-electron chi connectivity index (χ0n) is 12.5. The van der Waals surface area contributed by atoms with E-state index in [1.807, 2.05) is 36.4 Å². The number of halogens is 1. The molecule has 3 heteroatoms. The third-order valence-corrected chi connectivity index (χ3v) is 3.60. The molecule has 2 nitrogen and oxygen atoms in total. The van der Waals surface area contributed by atoms with E-state index in [-0.39, 0.29) is 0 Å². The fourth-order valence-electron chi connectivity index (χ4n) is 2.25. The van der Waals surface area contributed by atoms with Crippen LogP contribution in [0.15, 0.2) is 48.5 Å². The lowest BCUT2D eigenvalue weighted by molar-refractivity contribution is 0.191. The molecule has 2 rings (SSSR count). The van der Waals surface area contributed by atoms with Crippen molar-refractivity contribution in [1.29, 1.82) is 0 Å². The highest BCUT2D eigenvalue weighted by Gasteiger charge is 2.07. The molecule has 1 atom stereocenters. The average Bonchev–Trinajstić information content (AvgIpc) is 2.46. The van der Waals surface area contributed by atoms with Crippen LogP contribution in [0.25, 0.3) is 0 Å². The third-order valence-electron chi connectivity index (χ3n) is 3.35. The molecule has 2 aromatic rings. The molecule has 2 N–H and O–H groups in total. The Morgan fingerprint density at radius 1 is 1.00 bits per heavy atom. The van der Waals surface area contributed by atoms with Crippen molar-refractivity contribution in [2.45, 2.75) is 26.4 Å². The number of nitrogens with one attached hydrogen (secondary N) is 1. The Balaban J connectivity index is 1.90. The van der Waals surface area contributed by atoms with Crippen molar-refractivity contribution < 1.29 is 5.11 Å². The minimum Gasteiger partial charge on any atom is -0.387 e. The number of hydrogen-bond acceptors (Lipinski definition) is 2. The van der Waals surface area contributed by atoms with Gasteiger partial charge in [-0.1, -0.05) is 49.7 Å². The molecule has 2 aromatic carbocycles. The summed E-state index contributed by atoms with van der Waals surface area (Å²) < 4.78 is 0. The summed E-state index contributed by atoms with van der Waals surface area (Å²) in [5.41, 5.74) is 3.20. The molecule has 0 fully saturated rings. The van der Waals surface area contributed by atoms with E-state index in [1.165, 1.54) is 5.56 Å². The maximum absolute atomic E-state index is 10.2. The molecule has 1 unspecified atom stereocenters. The molecule has 0 aliphatic carbocycles. The standard InChI is InChI=1S/C18H22ClNO/c1-13(2)11-14-3-5-15(6-4-14)18(21)12-20-17-9-7-16(19)8-10-17/h3-10,13,18,20-21H,11-12H2,1-2H3. The van der Waals surface area contributed by atoms with Gasteiger partial charge in [0, 0.05) is 17.3 Å². The monoisotopic (exact) mass is 303 g/mol. The number of aliphatic hydroxyl groups is 1. The minimum atomic E-state index is -0.520. The fourth-order valence-corrected chi connectivity index (χ4v) is 2.37. The van der Waals surface area contributed by atoms with E-state index in [0.29, 0.717) is 17.5 Å². The second-order valence-electron chi connectivity index (χ2n) is 5.74. The zero-order valence-corrected chi connectivity index (χ0v) is 13.3. The first-order chi connectivity index (χ1) is 10.0. The van der Waals surface area contributed by atoms with Crippen molar-refractivity contribution in [3.05, 3.63) is 64.7 Å². The largest absolute Gasteiger partial charge is 0.387 e. The second kappa shape index (κ2) is 7.48. The molecule has 21 heavy (non-hydrogen) atoms. The van der Waals surface area contributed by atoms with Crippen molar-refractivity contribution in [2.75, 3.05) is 11.9 Å². The number of rotatable bonds is 6. The van der Waals surface area contributed by atoms with Crippen LogP contribution in [-0.4, -0.2) is 11.7 Å². The van der Waals surface area contributed by atoms with Crippen LogP contribution in [0, 0.1) is 5.92 Å². The van der Waals surface area contributed by atoms with E-state index in [9.17, 15) is 5.11 Å². The Labute approximate surface area is 131 Å². The summed E-state index contributed by atoms with van der Waals surface area (Å²) in [7, 11) is 0. The second-order valence-corrected chi connectivity index (χ2v) is 6.18. The van der Waals surface area contributed by atoms with Gasteiger partial charge in [0.25, 0.3) is 0 Å². The highest BCUT2D eigenvalue weighted by molar-refractivity contribution is 6.30. The zero-order chi connectivity index (χ0) is 15.2. The lowest BCUT2D eigenvalue weighted by Crippen LogP contribution is -2.12. The molecule has 0 aliphatic heterocycles. The molecule has 112 valence electrons. The number of aliphatic hydroxyl groups excluding tert-OH is 1. The Bertz CT molecular complexity index is 548. The topological polar surface area (TPSA) is 32.3 Å². The summed E-state index contributed by atoms with van der Waals surface area (Å²) in [5, 5.41) is 14.1. The summed E-state index contributed by atoms with van der Waals surface area (Å²) in [6, 6.07) is 15.7. The lowest BCUT2D eigenvalue weighted by Gasteiger charge is -2.14. The van der Waals surface area contributed by atoms with Crippen LogP contribution in [0.1, 0.15) is 31.1 Å². The van der Waals surface area contributed by atoms with Gasteiger partial charge in [-0.05, 0) is 47.7 Å². The first kappa shape index (κ1) is 15.9. The average molecular weight is 304 g/mol. The van der Waals surface area contributed by atoms with Crippen molar-refractivity contribution >= 4 is 17.3 Å². The maximum Gasteiger partial charge on any atom is 0.0962 e. The van der Waals surface area contributed by atoms with E-state index in [0.717, 1.165) is 17.7 Å². The SMILES string of the molecule is CC(C)Cc1ccc(C(O)CNc2ccc(Cl)cc2)cc1. The van der Waals surface area contributed by atoms with Crippen LogP contribution in [0.5, 0.6) is 0 Å². The minimum absolute atomic E-state index is 0.477. The number of anilines is 1. The Morgan fingerprint density at radius 2 is 1.62 bits per heavy atom. The van der Waals surface area contributed by atoms with E-state index in [2.05, 4.69) is 31.3 Å². The van der Waals surface area contributed by atoms with Gasteiger partial charge in [-0.3, -0.25) is 0 Å². The molecular weight excluding hydrogens is 282 g/mol. The van der Waals surface area contributed by atoms with Crippen LogP contribution >= 0.6 is 11.6 Å². The third kappa shape index (κ3) is 5.07. The maximum atomic E-state index is 10.2. The number of hydrogen-bond donors (Lipinski definition) is 2. The summed E-state index contributed by atoms with van der Waals surface area (Å²) >= 11 is 5.84. The highest BCUT2D eigenvalue weighted by atomic mass is 35.5. The normalized spacial score (nSPS) is 12.4. The predicted molar refractivity (Wildman–Crippen MR) is 89.9 cm³/mol. The first-order valence-electron chi connectivity index (χ1n) is 7.31. The smallest absolute Gasteiger partial charge is 0.0962 e. The van der Waals surface area contributed by atoms with Gasteiger partial charge in [0.1, 0.15) is 0 Å². The molecular formula is C18H22ClNO. The first-order valence-corrected chi connectivity index (χ1v) is 7.68. The highest BCUT2D eigenvalue weighted by Crippen LogP contribution is 2.18. The van der Waals surface area contributed by atoms with Gasteiger partial charge in [-0.2, -0.15) is 0 Å². The van der Waals surface area contributed by atoms with E-state index < -0.39 is 6.10 Å². The molecule has 0 heterocycles. The molecule has 0 aromatic heterocycles. The van der Waals surface area contributed by atoms with Crippen molar-refractivity contribution in [3.8, 4) is 0 Å². The lowest BCUT2D eigenvalue weighted by atomic mass is 10.0.